The van der Waals surface area contributed by atoms with Gasteiger partial charge in [0, 0.05) is 5.56 Å². The van der Waals surface area contributed by atoms with Crippen LogP contribution >= 0.6 is 0 Å². The first-order valence-electron chi connectivity index (χ1n) is 5.95. The van der Waals surface area contributed by atoms with Gasteiger partial charge in [-0.2, -0.15) is 0 Å². The lowest BCUT2D eigenvalue weighted by molar-refractivity contribution is 0.0954. The van der Waals surface area contributed by atoms with Crippen molar-refractivity contribution >= 4 is 5.91 Å². The number of carbonyl (C=O) groups excluding carboxylic acids is 1. The molecule has 0 heterocycles. The van der Waals surface area contributed by atoms with Gasteiger partial charge in [0.2, 0.25) is 0 Å². The summed E-state index contributed by atoms with van der Waals surface area (Å²) >= 11 is 0. The van der Waals surface area contributed by atoms with Gasteiger partial charge in [-0.15, -0.1) is 0 Å². The Kier molecular flexibility index (Phi) is 3.75. The molecule has 0 aliphatic carbocycles. The summed E-state index contributed by atoms with van der Waals surface area (Å²) in [4.78, 5) is 11.8. The van der Waals surface area contributed by atoms with Crippen LogP contribution in [0, 0.1) is 0 Å². The van der Waals surface area contributed by atoms with E-state index in [0.29, 0.717) is 5.56 Å². The highest BCUT2D eigenvalue weighted by Crippen LogP contribution is 2.24. The molecule has 0 aliphatic heterocycles. The Hall–Kier alpha value is -2.13. The molecule has 1 amide bonds. The highest BCUT2D eigenvalue weighted by Gasteiger charge is 2.12. The number of hydrogen-bond donors (Lipinski definition) is 2. The van der Waals surface area contributed by atoms with Gasteiger partial charge in [0.15, 0.2) is 0 Å². The molecule has 0 aliphatic rings. The largest absolute Gasteiger partial charge is 0.290 e. The van der Waals surface area contributed by atoms with Crippen LogP contribution in [0.4, 0.5) is 0 Å². The molecule has 0 saturated heterocycles. The van der Waals surface area contributed by atoms with Gasteiger partial charge in [-0.1, -0.05) is 49.4 Å². The molecule has 0 aromatic heterocycles. The molecule has 2 rings (SSSR count). The van der Waals surface area contributed by atoms with Gasteiger partial charge in [0.1, 0.15) is 0 Å². The first kappa shape index (κ1) is 12.3. The van der Waals surface area contributed by atoms with Crippen LogP contribution in [0.5, 0.6) is 0 Å². The van der Waals surface area contributed by atoms with Crippen molar-refractivity contribution in [3.05, 3.63) is 59.7 Å². The van der Waals surface area contributed by atoms with E-state index >= 15 is 0 Å². The molecule has 92 valence electrons. The van der Waals surface area contributed by atoms with Gasteiger partial charge >= 0.3 is 0 Å². The Bertz CT molecular complexity index is 550. The second-order valence-electron chi connectivity index (χ2n) is 4.07. The van der Waals surface area contributed by atoms with Crippen LogP contribution in [-0.2, 0) is 6.42 Å². The SMILES string of the molecule is CCc1ccc(-c2ccccc2)c(C(=O)NN)c1. The number of nitrogens with one attached hydrogen (secondary N) is 1. The van der Waals surface area contributed by atoms with E-state index in [-0.39, 0.29) is 5.91 Å². The molecule has 0 unspecified atom stereocenters. The van der Waals surface area contributed by atoms with E-state index in [1.807, 2.05) is 48.5 Å². The standard InChI is InChI=1S/C15H16N2O/c1-2-11-8-9-13(12-6-4-3-5-7-12)14(10-11)15(18)17-16/h3-10H,2,16H2,1H3,(H,17,18). The fraction of sp³-hybridized carbons (Fsp3) is 0.133. The topological polar surface area (TPSA) is 55.1 Å². The maximum Gasteiger partial charge on any atom is 0.265 e. The smallest absolute Gasteiger partial charge is 0.265 e. The molecule has 0 radical (unpaired) electrons. The normalized spacial score (nSPS) is 10.1. The van der Waals surface area contributed by atoms with E-state index in [9.17, 15) is 4.79 Å². The average Bonchev–Trinajstić information content (AvgIpc) is 2.46. The molecule has 0 atom stereocenters. The van der Waals surface area contributed by atoms with Crippen molar-refractivity contribution < 1.29 is 4.79 Å². The van der Waals surface area contributed by atoms with Crippen LogP contribution in [0.2, 0.25) is 0 Å². The number of nitrogen functional groups attached to an aromatic ring is 1. The zero-order valence-electron chi connectivity index (χ0n) is 10.3. The predicted molar refractivity (Wildman–Crippen MR) is 72.9 cm³/mol. The molecule has 2 aromatic rings. The van der Waals surface area contributed by atoms with Crippen molar-refractivity contribution in [3.63, 3.8) is 0 Å². The van der Waals surface area contributed by atoms with E-state index in [1.165, 1.54) is 0 Å². The van der Waals surface area contributed by atoms with E-state index in [0.717, 1.165) is 23.1 Å². The summed E-state index contributed by atoms with van der Waals surface area (Å²) in [6, 6.07) is 15.7. The summed E-state index contributed by atoms with van der Waals surface area (Å²) in [7, 11) is 0. The van der Waals surface area contributed by atoms with Crippen LogP contribution in [0.15, 0.2) is 48.5 Å². The predicted octanol–water partition coefficient (Wildman–Crippen LogP) is 2.52. The molecular formula is C15H16N2O. The highest BCUT2D eigenvalue weighted by atomic mass is 16.2. The third kappa shape index (κ3) is 2.41. The third-order valence-corrected chi connectivity index (χ3v) is 2.95. The number of benzene rings is 2. The minimum Gasteiger partial charge on any atom is -0.290 e. The lowest BCUT2D eigenvalue weighted by atomic mass is 9.96. The molecule has 2 aromatic carbocycles. The number of carbonyl (C=O) groups is 1. The average molecular weight is 240 g/mol. The van der Waals surface area contributed by atoms with Crippen molar-refractivity contribution in [1.82, 2.24) is 5.43 Å². The Labute approximate surface area is 107 Å². The monoisotopic (exact) mass is 240 g/mol. The van der Waals surface area contributed by atoms with Gasteiger partial charge in [0.25, 0.3) is 5.91 Å². The third-order valence-electron chi connectivity index (χ3n) is 2.95. The van der Waals surface area contributed by atoms with Gasteiger partial charge in [-0.05, 0) is 29.2 Å². The van der Waals surface area contributed by atoms with E-state index in [1.54, 1.807) is 0 Å². The van der Waals surface area contributed by atoms with E-state index < -0.39 is 0 Å². The number of hydrogen-bond acceptors (Lipinski definition) is 2. The number of amides is 1. The fourth-order valence-corrected chi connectivity index (χ4v) is 1.95. The summed E-state index contributed by atoms with van der Waals surface area (Å²) in [5.74, 6) is 4.98. The summed E-state index contributed by atoms with van der Waals surface area (Å²) in [5, 5.41) is 0. The van der Waals surface area contributed by atoms with Crippen LogP contribution in [0.25, 0.3) is 11.1 Å². The first-order valence-corrected chi connectivity index (χ1v) is 5.95. The zero-order chi connectivity index (χ0) is 13.0. The lowest BCUT2D eigenvalue weighted by Crippen LogP contribution is -2.30. The molecule has 3 nitrogen and oxygen atoms in total. The fourth-order valence-electron chi connectivity index (χ4n) is 1.95. The van der Waals surface area contributed by atoms with Crippen molar-refractivity contribution in [3.8, 4) is 11.1 Å². The lowest BCUT2D eigenvalue weighted by Gasteiger charge is -2.10. The summed E-state index contributed by atoms with van der Waals surface area (Å²) in [6.45, 7) is 2.06. The molecule has 0 spiro atoms. The summed E-state index contributed by atoms with van der Waals surface area (Å²) < 4.78 is 0. The first-order chi connectivity index (χ1) is 8.76. The summed E-state index contributed by atoms with van der Waals surface area (Å²) in [5.41, 5.74) is 5.85. The van der Waals surface area contributed by atoms with Gasteiger partial charge in [0.05, 0.1) is 0 Å². The quantitative estimate of drug-likeness (QED) is 0.492. The van der Waals surface area contributed by atoms with Crippen LogP contribution in [0.3, 0.4) is 0 Å². The molecule has 18 heavy (non-hydrogen) atoms. The Balaban J connectivity index is 2.56. The molecule has 3 N–H and O–H groups in total. The molecule has 0 bridgehead atoms. The van der Waals surface area contributed by atoms with Crippen molar-refractivity contribution in [2.45, 2.75) is 13.3 Å². The second-order valence-corrected chi connectivity index (χ2v) is 4.07. The number of aryl methyl sites for hydroxylation is 1. The van der Waals surface area contributed by atoms with E-state index in [2.05, 4.69) is 12.3 Å². The van der Waals surface area contributed by atoms with Crippen LogP contribution < -0.4 is 11.3 Å². The molecule has 3 heteroatoms. The van der Waals surface area contributed by atoms with E-state index in [4.69, 9.17) is 5.84 Å². The van der Waals surface area contributed by atoms with Crippen molar-refractivity contribution in [2.75, 3.05) is 0 Å². The minimum absolute atomic E-state index is 0.260. The van der Waals surface area contributed by atoms with Crippen LogP contribution in [0.1, 0.15) is 22.8 Å². The maximum atomic E-state index is 11.8. The van der Waals surface area contributed by atoms with Gasteiger partial charge in [-0.25, -0.2) is 5.84 Å². The van der Waals surface area contributed by atoms with Gasteiger partial charge in [-0.3, -0.25) is 10.2 Å². The Morgan fingerprint density at radius 3 is 2.50 bits per heavy atom. The maximum absolute atomic E-state index is 11.8. The second kappa shape index (κ2) is 5.47. The zero-order valence-corrected chi connectivity index (χ0v) is 10.3. The van der Waals surface area contributed by atoms with Crippen LogP contribution in [-0.4, -0.2) is 5.91 Å². The highest BCUT2D eigenvalue weighted by molar-refractivity contribution is 6.00. The molecule has 0 fully saturated rings. The Morgan fingerprint density at radius 2 is 1.89 bits per heavy atom. The molecule has 0 saturated carbocycles. The van der Waals surface area contributed by atoms with Gasteiger partial charge < -0.3 is 0 Å². The van der Waals surface area contributed by atoms with Crippen molar-refractivity contribution in [1.29, 1.82) is 0 Å². The number of rotatable bonds is 3. The number of hydrazine groups is 1. The Morgan fingerprint density at radius 1 is 1.17 bits per heavy atom. The van der Waals surface area contributed by atoms with Crippen molar-refractivity contribution in [2.24, 2.45) is 5.84 Å². The summed E-state index contributed by atoms with van der Waals surface area (Å²) in [6.07, 6.45) is 0.889. The number of nitrogens with two attached hydrogens (primary N) is 1. The minimum atomic E-state index is -0.260. The molecular weight excluding hydrogens is 224 g/mol.